The van der Waals surface area contributed by atoms with Crippen LogP contribution >= 0.6 is 0 Å². The Kier molecular flexibility index (Phi) is 3.64. The van der Waals surface area contributed by atoms with Gasteiger partial charge in [0.25, 0.3) is 5.91 Å². The van der Waals surface area contributed by atoms with Gasteiger partial charge in [0.15, 0.2) is 0 Å². The fourth-order valence-electron chi connectivity index (χ4n) is 1.98. The first kappa shape index (κ1) is 11.9. The van der Waals surface area contributed by atoms with Gasteiger partial charge in [-0.2, -0.15) is 0 Å². The number of hydrogen-bond acceptors (Lipinski definition) is 3. The molecule has 1 saturated heterocycles. The highest BCUT2D eigenvalue weighted by Gasteiger charge is 2.17. The van der Waals surface area contributed by atoms with Crippen LogP contribution in [-0.2, 0) is 4.74 Å². The van der Waals surface area contributed by atoms with Crippen LogP contribution < -0.4 is 5.32 Å². The number of carbonyl (C=O) groups is 1. The minimum Gasteiger partial charge on any atom is -0.508 e. The summed E-state index contributed by atoms with van der Waals surface area (Å²) in [5.41, 5.74) is 1.40. The van der Waals surface area contributed by atoms with E-state index in [-0.39, 0.29) is 11.7 Å². The molecule has 1 aliphatic rings. The van der Waals surface area contributed by atoms with E-state index < -0.39 is 0 Å². The van der Waals surface area contributed by atoms with Gasteiger partial charge < -0.3 is 15.2 Å². The third-order valence-corrected chi connectivity index (χ3v) is 3.03. The van der Waals surface area contributed by atoms with Gasteiger partial charge in [-0.15, -0.1) is 0 Å². The molecule has 2 rings (SSSR count). The summed E-state index contributed by atoms with van der Waals surface area (Å²) in [5, 5.41) is 12.2. The number of phenols is 1. The standard InChI is InChI=1S/C13H17NO3/c1-9-6-11(15)2-3-12(9)13(16)14-7-10-4-5-17-8-10/h2-3,6,10,15H,4-5,7-8H2,1H3,(H,14,16). The zero-order valence-corrected chi connectivity index (χ0v) is 9.90. The average molecular weight is 235 g/mol. The summed E-state index contributed by atoms with van der Waals surface area (Å²) in [6.07, 6.45) is 1.01. The Bertz CT molecular complexity index is 411. The fraction of sp³-hybridized carbons (Fsp3) is 0.462. The Morgan fingerprint density at radius 1 is 1.59 bits per heavy atom. The van der Waals surface area contributed by atoms with Crippen LogP contribution in [0.1, 0.15) is 22.3 Å². The van der Waals surface area contributed by atoms with Crippen molar-refractivity contribution >= 4 is 5.91 Å². The summed E-state index contributed by atoms with van der Waals surface area (Å²) in [7, 11) is 0. The van der Waals surface area contributed by atoms with Crippen molar-refractivity contribution in [2.45, 2.75) is 13.3 Å². The molecule has 4 nitrogen and oxygen atoms in total. The van der Waals surface area contributed by atoms with Crippen LogP contribution in [0.2, 0.25) is 0 Å². The first-order valence-corrected chi connectivity index (χ1v) is 5.82. The number of benzene rings is 1. The molecule has 0 saturated carbocycles. The zero-order chi connectivity index (χ0) is 12.3. The predicted molar refractivity (Wildman–Crippen MR) is 64.1 cm³/mol. The van der Waals surface area contributed by atoms with Crippen LogP contribution in [0, 0.1) is 12.8 Å². The van der Waals surface area contributed by atoms with Gasteiger partial charge in [0.1, 0.15) is 5.75 Å². The van der Waals surface area contributed by atoms with Gasteiger partial charge in [-0.25, -0.2) is 0 Å². The fourth-order valence-corrected chi connectivity index (χ4v) is 1.98. The van der Waals surface area contributed by atoms with Gasteiger partial charge in [-0.05, 0) is 37.1 Å². The van der Waals surface area contributed by atoms with Crippen molar-refractivity contribution < 1.29 is 14.6 Å². The van der Waals surface area contributed by atoms with Crippen molar-refractivity contribution in [3.63, 3.8) is 0 Å². The van der Waals surface area contributed by atoms with E-state index in [1.165, 1.54) is 6.07 Å². The molecule has 17 heavy (non-hydrogen) atoms. The normalized spacial score (nSPS) is 19.2. The molecule has 1 heterocycles. The number of aromatic hydroxyl groups is 1. The lowest BCUT2D eigenvalue weighted by Gasteiger charge is -2.11. The van der Waals surface area contributed by atoms with Crippen LogP contribution in [0.5, 0.6) is 5.75 Å². The topological polar surface area (TPSA) is 58.6 Å². The highest BCUT2D eigenvalue weighted by Crippen LogP contribution is 2.16. The lowest BCUT2D eigenvalue weighted by Crippen LogP contribution is -2.29. The molecule has 1 aromatic rings. The monoisotopic (exact) mass is 235 g/mol. The largest absolute Gasteiger partial charge is 0.508 e. The summed E-state index contributed by atoms with van der Waals surface area (Å²) < 4.78 is 5.25. The summed E-state index contributed by atoms with van der Waals surface area (Å²) in [5.74, 6) is 0.522. The van der Waals surface area contributed by atoms with E-state index in [2.05, 4.69) is 5.32 Å². The quantitative estimate of drug-likeness (QED) is 0.834. The summed E-state index contributed by atoms with van der Waals surface area (Å²) in [4.78, 5) is 11.9. The van der Waals surface area contributed by atoms with Gasteiger partial charge >= 0.3 is 0 Å². The lowest BCUT2D eigenvalue weighted by molar-refractivity contribution is 0.0944. The second-order valence-corrected chi connectivity index (χ2v) is 4.44. The molecular formula is C13H17NO3. The van der Waals surface area contributed by atoms with E-state index >= 15 is 0 Å². The van der Waals surface area contributed by atoms with Crippen molar-refractivity contribution in [2.24, 2.45) is 5.92 Å². The molecule has 4 heteroatoms. The second kappa shape index (κ2) is 5.19. The van der Waals surface area contributed by atoms with Crippen LogP contribution in [0.25, 0.3) is 0 Å². The smallest absolute Gasteiger partial charge is 0.251 e. The number of nitrogens with one attached hydrogen (secondary N) is 1. The Morgan fingerprint density at radius 2 is 2.41 bits per heavy atom. The molecule has 1 aromatic carbocycles. The Labute approximate surface area is 101 Å². The molecule has 0 aliphatic carbocycles. The highest BCUT2D eigenvalue weighted by molar-refractivity contribution is 5.95. The van der Waals surface area contributed by atoms with E-state index in [1.54, 1.807) is 12.1 Å². The maximum absolute atomic E-state index is 11.9. The molecule has 92 valence electrons. The van der Waals surface area contributed by atoms with Crippen LogP contribution in [0.3, 0.4) is 0 Å². The number of ether oxygens (including phenoxy) is 1. The van der Waals surface area contributed by atoms with Crippen molar-refractivity contribution in [3.05, 3.63) is 29.3 Å². The number of carbonyl (C=O) groups excluding carboxylic acids is 1. The molecule has 0 spiro atoms. The van der Waals surface area contributed by atoms with E-state index in [0.717, 1.165) is 25.2 Å². The van der Waals surface area contributed by atoms with Crippen molar-refractivity contribution in [1.82, 2.24) is 5.32 Å². The highest BCUT2D eigenvalue weighted by atomic mass is 16.5. The first-order chi connectivity index (χ1) is 8.16. The third kappa shape index (κ3) is 2.97. The minimum atomic E-state index is -0.0885. The van der Waals surface area contributed by atoms with Crippen LogP contribution in [0.4, 0.5) is 0 Å². The molecule has 1 fully saturated rings. The Hall–Kier alpha value is -1.55. The molecule has 1 atom stereocenters. The maximum atomic E-state index is 11.9. The van der Waals surface area contributed by atoms with E-state index in [0.29, 0.717) is 18.0 Å². The summed E-state index contributed by atoms with van der Waals surface area (Å²) >= 11 is 0. The van der Waals surface area contributed by atoms with Gasteiger partial charge in [-0.1, -0.05) is 0 Å². The van der Waals surface area contributed by atoms with Gasteiger partial charge in [0, 0.05) is 24.6 Å². The summed E-state index contributed by atoms with van der Waals surface area (Å²) in [6.45, 7) is 3.99. The molecule has 1 aliphatic heterocycles. The van der Waals surface area contributed by atoms with E-state index in [1.807, 2.05) is 6.92 Å². The minimum absolute atomic E-state index is 0.0885. The van der Waals surface area contributed by atoms with E-state index in [4.69, 9.17) is 4.74 Å². The molecule has 2 N–H and O–H groups in total. The van der Waals surface area contributed by atoms with Gasteiger partial charge in [0.05, 0.1) is 6.61 Å². The van der Waals surface area contributed by atoms with Gasteiger partial charge in [0.2, 0.25) is 0 Å². The number of hydrogen-bond donors (Lipinski definition) is 2. The van der Waals surface area contributed by atoms with Crippen molar-refractivity contribution in [1.29, 1.82) is 0 Å². The SMILES string of the molecule is Cc1cc(O)ccc1C(=O)NCC1CCOC1. The molecule has 1 amide bonds. The Morgan fingerprint density at radius 3 is 3.06 bits per heavy atom. The Balaban J connectivity index is 1.94. The van der Waals surface area contributed by atoms with E-state index in [9.17, 15) is 9.90 Å². The molecule has 0 bridgehead atoms. The van der Waals surface area contributed by atoms with Crippen molar-refractivity contribution in [2.75, 3.05) is 19.8 Å². The number of amides is 1. The zero-order valence-electron chi connectivity index (χ0n) is 9.90. The van der Waals surface area contributed by atoms with Gasteiger partial charge in [-0.3, -0.25) is 4.79 Å². The molecule has 1 unspecified atom stereocenters. The van der Waals surface area contributed by atoms with Crippen molar-refractivity contribution in [3.8, 4) is 5.75 Å². The number of phenolic OH excluding ortho intramolecular Hbond substituents is 1. The maximum Gasteiger partial charge on any atom is 0.251 e. The molecular weight excluding hydrogens is 218 g/mol. The number of rotatable bonds is 3. The van der Waals surface area contributed by atoms with Crippen LogP contribution in [-0.4, -0.2) is 30.8 Å². The third-order valence-electron chi connectivity index (χ3n) is 3.03. The molecule has 0 radical (unpaired) electrons. The average Bonchev–Trinajstić information content (AvgIpc) is 2.78. The summed E-state index contributed by atoms with van der Waals surface area (Å²) in [6, 6.07) is 4.76. The predicted octanol–water partition coefficient (Wildman–Crippen LogP) is 1.47. The second-order valence-electron chi connectivity index (χ2n) is 4.44. The van der Waals surface area contributed by atoms with Crippen LogP contribution in [0.15, 0.2) is 18.2 Å². The molecule has 0 aromatic heterocycles. The lowest BCUT2D eigenvalue weighted by atomic mass is 10.1. The number of aryl methyl sites for hydroxylation is 1. The first-order valence-electron chi connectivity index (χ1n) is 5.82.